The summed E-state index contributed by atoms with van der Waals surface area (Å²) < 4.78 is 19.4. The molecule has 9 heteroatoms. The van der Waals surface area contributed by atoms with Crippen LogP contribution in [0.3, 0.4) is 0 Å². The Morgan fingerprint density at radius 2 is 1.74 bits per heavy atom. The molecule has 1 N–H and O–H groups in total. The maximum absolute atomic E-state index is 13.0. The summed E-state index contributed by atoms with van der Waals surface area (Å²) in [5.74, 6) is 2.39. The van der Waals surface area contributed by atoms with Gasteiger partial charge in [-0.3, -0.25) is 9.36 Å². The van der Waals surface area contributed by atoms with Gasteiger partial charge in [-0.25, -0.2) is 0 Å². The van der Waals surface area contributed by atoms with Gasteiger partial charge < -0.3 is 19.5 Å². The molecule has 2 atom stereocenters. The number of anilines is 1. The van der Waals surface area contributed by atoms with E-state index in [4.69, 9.17) is 14.2 Å². The topological polar surface area (TPSA) is 87.5 Å². The number of amides is 1. The number of benzene rings is 3. The largest absolute Gasteiger partial charge is 0.495 e. The van der Waals surface area contributed by atoms with E-state index in [0.717, 1.165) is 5.69 Å². The molecule has 1 aromatic heterocycles. The van der Waals surface area contributed by atoms with Gasteiger partial charge in [0.25, 0.3) is 0 Å². The number of para-hydroxylation sites is 5. The molecule has 8 nitrogen and oxygen atoms in total. The molecule has 0 bridgehead atoms. The smallest absolute Gasteiger partial charge is 0.237 e. The predicted molar refractivity (Wildman–Crippen MR) is 134 cm³/mol. The van der Waals surface area contributed by atoms with Crippen LogP contribution in [0.1, 0.15) is 18.9 Å². The number of nitrogens with one attached hydrogen (secondary N) is 1. The lowest BCUT2D eigenvalue weighted by Crippen LogP contribution is -2.25. The minimum Gasteiger partial charge on any atom is -0.495 e. The van der Waals surface area contributed by atoms with Crippen LogP contribution in [0.25, 0.3) is 5.69 Å². The first kappa shape index (κ1) is 22.8. The summed E-state index contributed by atoms with van der Waals surface area (Å²) in [4.78, 5) is 13.0. The van der Waals surface area contributed by atoms with Crippen molar-refractivity contribution in [2.24, 2.45) is 0 Å². The zero-order valence-corrected chi connectivity index (χ0v) is 20.1. The SMILES string of the molecule is COc1ccccc1NC(=O)[C@@H](C)Sc1nnc([C@@H]2COc3ccccc3O2)n1-c1ccccc1. The highest BCUT2D eigenvalue weighted by Gasteiger charge is 2.30. The average Bonchev–Trinajstić information content (AvgIpc) is 3.32. The van der Waals surface area contributed by atoms with E-state index in [0.29, 0.717) is 40.5 Å². The summed E-state index contributed by atoms with van der Waals surface area (Å²) >= 11 is 1.32. The quantitative estimate of drug-likeness (QED) is 0.370. The summed E-state index contributed by atoms with van der Waals surface area (Å²) in [5.41, 5.74) is 1.49. The van der Waals surface area contributed by atoms with Gasteiger partial charge in [0.05, 0.1) is 18.0 Å². The second-order valence-corrected chi connectivity index (χ2v) is 9.13. The Hall–Kier alpha value is -3.98. The highest BCUT2D eigenvalue weighted by Crippen LogP contribution is 2.37. The fourth-order valence-electron chi connectivity index (χ4n) is 3.73. The first-order valence-corrected chi connectivity index (χ1v) is 12.0. The first-order chi connectivity index (χ1) is 17.1. The van der Waals surface area contributed by atoms with Gasteiger partial charge in [0, 0.05) is 5.69 Å². The summed E-state index contributed by atoms with van der Waals surface area (Å²) in [6, 6.07) is 24.6. The molecule has 1 amide bonds. The highest BCUT2D eigenvalue weighted by atomic mass is 32.2. The monoisotopic (exact) mass is 488 g/mol. The van der Waals surface area contributed by atoms with Crippen LogP contribution >= 0.6 is 11.8 Å². The minimum atomic E-state index is -0.455. The van der Waals surface area contributed by atoms with Crippen molar-refractivity contribution in [2.75, 3.05) is 19.0 Å². The highest BCUT2D eigenvalue weighted by molar-refractivity contribution is 8.00. The van der Waals surface area contributed by atoms with Gasteiger partial charge >= 0.3 is 0 Å². The molecule has 0 radical (unpaired) electrons. The second-order valence-electron chi connectivity index (χ2n) is 7.83. The number of carbonyl (C=O) groups excluding carboxylic acids is 1. The molecule has 1 aliphatic rings. The van der Waals surface area contributed by atoms with Crippen molar-refractivity contribution in [1.29, 1.82) is 0 Å². The number of ether oxygens (including phenoxy) is 3. The van der Waals surface area contributed by atoms with Crippen LogP contribution in [-0.2, 0) is 4.79 Å². The Morgan fingerprint density at radius 3 is 2.54 bits per heavy atom. The standard InChI is InChI=1S/C26H24N4O4S/c1-17(25(31)27-19-12-6-7-13-20(19)32-2)35-26-29-28-24(30(26)18-10-4-3-5-11-18)23-16-33-21-14-8-9-15-22(21)34-23/h3-15,17,23H,16H2,1-2H3,(H,27,31)/t17-,23+/m1/s1. The average molecular weight is 489 g/mol. The Bertz CT molecular complexity index is 1330. The van der Waals surface area contributed by atoms with Crippen molar-refractivity contribution < 1.29 is 19.0 Å². The molecule has 0 unspecified atom stereocenters. The summed E-state index contributed by atoms with van der Waals surface area (Å²) in [5, 5.41) is 11.9. The number of thioether (sulfide) groups is 1. The Labute approximate surface area is 207 Å². The Balaban J connectivity index is 1.41. The maximum atomic E-state index is 13.0. The summed E-state index contributed by atoms with van der Waals surface area (Å²) in [6.07, 6.45) is -0.454. The Morgan fingerprint density at radius 1 is 1.03 bits per heavy atom. The van der Waals surface area contributed by atoms with Crippen LogP contribution in [0.15, 0.2) is 84.0 Å². The molecule has 4 aromatic rings. The lowest BCUT2D eigenvalue weighted by molar-refractivity contribution is -0.115. The van der Waals surface area contributed by atoms with Crippen LogP contribution in [0.5, 0.6) is 17.2 Å². The van der Waals surface area contributed by atoms with Crippen LogP contribution in [-0.4, -0.2) is 39.6 Å². The number of carbonyl (C=O) groups is 1. The second kappa shape index (κ2) is 10.1. The summed E-state index contributed by atoms with van der Waals surface area (Å²) in [6.45, 7) is 2.13. The molecule has 3 aromatic carbocycles. The van der Waals surface area contributed by atoms with E-state index in [1.165, 1.54) is 11.8 Å². The van der Waals surface area contributed by atoms with Gasteiger partial charge in [-0.1, -0.05) is 54.2 Å². The van der Waals surface area contributed by atoms with E-state index in [9.17, 15) is 4.79 Å². The van der Waals surface area contributed by atoms with Crippen molar-refractivity contribution in [3.05, 3.63) is 84.7 Å². The number of rotatable bonds is 7. The molecule has 178 valence electrons. The number of aromatic nitrogens is 3. The van der Waals surface area contributed by atoms with Crippen LogP contribution < -0.4 is 19.5 Å². The summed E-state index contributed by atoms with van der Waals surface area (Å²) in [7, 11) is 1.57. The zero-order chi connectivity index (χ0) is 24.2. The number of methoxy groups -OCH3 is 1. The van der Waals surface area contributed by atoms with Gasteiger partial charge in [-0.2, -0.15) is 0 Å². The number of hydrogen-bond donors (Lipinski definition) is 1. The lowest BCUT2D eigenvalue weighted by atomic mass is 10.2. The molecule has 0 fully saturated rings. The molecule has 35 heavy (non-hydrogen) atoms. The first-order valence-electron chi connectivity index (χ1n) is 11.1. The molecule has 1 aliphatic heterocycles. The lowest BCUT2D eigenvalue weighted by Gasteiger charge is -2.26. The third-order valence-electron chi connectivity index (χ3n) is 5.49. The van der Waals surface area contributed by atoms with Crippen molar-refractivity contribution in [1.82, 2.24) is 14.8 Å². The molecule has 2 heterocycles. The Kier molecular flexibility index (Phi) is 6.58. The van der Waals surface area contributed by atoms with Crippen molar-refractivity contribution in [2.45, 2.75) is 23.4 Å². The van der Waals surface area contributed by atoms with E-state index in [2.05, 4.69) is 15.5 Å². The number of nitrogens with zero attached hydrogens (tertiary/aromatic N) is 3. The van der Waals surface area contributed by atoms with Gasteiger partial charge in [0.1, 0.15) is 12.4 Å². The minimum absolute atomic E-state index is 0.171. The van der Waals surface area contributed by atoms with Crippen molar-refractivity contribution >= 4 is 23.4 Å². The van der Waals surface area contributed by atoms with E-state index < -0.39 is 11.4 Å². The van der Waals surface area contributed by atoms with Crippen LogP contribution in [0.2, 0.25) is 0 Å². The zero-order valence-electron chi connectivity index (χ0n) is 19.3. The van der Waals surface area contributed by atoms with Gasteiger partial charge in [-0.15, -0.1) is 10.2 Å². The van der Waals surface area contributed by atoms with E-state index in [-0.39, 0.29) is 5.91 Å². The van der Waals surface area contributed by atoms with E-state index in [1.54, 1.807) is 19.2 Å². The van der Waals surface area contributed by atoms with E-state index in [1.807, 2.05) is 78.2 Å². The normalized spacial score (nSPS) is 15.3. The van der Waals surface area contributed by atoms with Gasteiger partial charge in [0.15, 0.2) is 28.6 Å². The fourth-order valence-corrected chi connectivity index (χ4v) is 4.60. The van der Waals surface area contributed by atoms with Crippen LogP contribution in [0.4, 0.5) is 5.69 Å². The molecule has 0 saturated carbocycles. The maximum Gasteiger partial charge on any atom is 0.237 e. The third-order valence-corrected chi connectivity index (χ3v) is 6.53. The van der Waals surface area contributed by atoms with Crippen molar-refractivity contribution in [3.8, 4) is 22.9 Å². The molecule has 0 saturated heterocycles. The van der Waals surface area contributed by atoms with E-state index >= 15 is 0 Å². The van der Waals surface area contributed by atoms with Gasteiger partial charge in [-0.05, 0) is 43.3 Å². The van der Waals surface area contributed by atoms with Gasteiger partial charge in [0.2, 0.25) is 5.91 Å². The number of hydrogen-bond acceptors (Lipinski definition) is 7. The third kappa shape index (κ3) is 4.81. The molecule has 5 rings (SSSR count). The molecular formula is C26H24N4O4S. The molecule has 0 spiro atoms. The number of fused-ring (bicyclic) bond motifs is 1. The molecular weight excluding hydrogens is 464 g/mol. The van der Waals surface area contributed by atoms with Crippen molar-refractivity contribution in [3.63, 3.8) is 0 Å². The van der Waals surface area contributed by atoms with Crippen LogP contribution in [0, 0.1) is 0 Å². The fraction of sp³-hybridized carbons (Fsp3) is 0.192. The molecule has 0 aliphatic carbocycles. The predicted octanol–water partition coefficient (Wildman–Crippen LogP) is 4.91.